The molecule has 2 N–H and O–H groups in total. The maximum atomic E-state index is 9.81. The molecular formula is C15H24ClNO3. The Morgan fingerprint density at radius 1 is 1.25 bits per heavy atom. The van der Waals surface area contributed by atoms with Crippen LogP contribution in [-0.2, 0) is 4.74 Å². The zero-order chi connectivity index (χ0) is 15.1. The molecule has 5 heteroatoms. The Bertz CT molecular complexity index is 412. The van der Waals surface area contributed by atoms with Crippen molar-refractivity contribution < 1.29 is 14.6 Å². The molecule has 20 heavy (non-hydrogen) atoms. The summed E-state index contributed by atoms with van der Waals surface area (Å²) in [5, 5.41) is 13.6. The summed E-state index contributed by atoms with van der Waals surface area (Å²) in [6, 6.07) is 5.59. The highest BCUT2D eigenvalue weighted by atomic mass is 35.5. The summed E-state index contributed by atoms with van der Waals surface area (Å²) in [4.78, 5) is 0. The van der Waals surface area contributed by atoms with E-state index in [2.05, 4.69) is 5.32 Å². The van der Waals surface area contributed by atoms with Crippen LogP contribution in [0.15, 0.2) is 18.2 Å². The van der Waals surface area contributed by atoms with Gasteiger partial charge in [0.2, 0.25) is 0 Å². The molecule has 1 aromatic rings. The van der Waals surface area contributed by atoms with Crippen molar-refractivity contribution in [2.75, 3.05) is 20.3 Å². The van der Waals surface area contributed by atoms with Gasteiger partial charge in [-0.25, -0.2) is 0 Å². The van der Waals surface area contributed by atoms with Gasteiger partial charge >= 0.3 is 0 Å². The summed E-state index contributed by atoms with van der Waals surface area (Å²) in [5.74, 6) is 0.722. The third-order valence-corrected chi connectivity index (χ3v) is 3.16. The molecule has 4 nitrogen and oxygen atoms in total. The Morgan fingerprint density at radius 2 is 1.95 bits per heavy atom. The lowest BCUT2D eigenvalue weighted by atomic mass is 10.1. The van der Waals surface area contributed by atoms with Crippen molar-refractivity contribution >= 4 is 11.6 Å². The van der Waals surface area contributed by atoms with Crippen LogP contribution < -0.4 is 10.1 Å². The normalized spacial score (nSPS) is 14.3. The highest BCUT2D eigenvalue weighted by molar-refractivity contribution is 6.30. The number of aliphatic hydroxyl groups excluding tert-OH is 1. The molecule has 0 saturated heterocycles. The molecule has 2 unspecified atom stereocenters. The van der Waals surface area contributed by atoms with Gasteiger partial charge in [-0.3, -0.25) is 0 Å². The molecule has 1 rings (SSSR count). The molecule has 0 spiro atoms. The number of benzene rings is 1. The summed E-state index contributed by atoms with van der Waals surface area (Å²) in [7, 11) is 1.88. The lowest BCUT2D eigenvalue weighted by Crippen LogP contribution is -2.25. The van der Waals surface area contributed by atoms with E-state index in [1.807, 2.05) is 40.0 Å². The number of halogens is 1. The first kappa shape index (κ1) is 17.2. The predicted octanol–water partition coefficient (Wildman–Crippen LogP) is 2.79. The highest BCUT2D eigenvalue weighted by Crippen LogP contribution is 2.28. The van der Waals surface area contributed by atoms with Gasteiger partial charge in [0.1, 0.15) is 18.5 Å². The quantitative estimate of drug-likeness (QED) is 0.775. The summed E-state index contributed by atoms with van der Waals surface area (Å²) in [6.07, 6.45) is -0.550. The monoisotopic (exact) mass is 301 g/mol. The van der Waals surface area contributed by atoms with Crippen LogP contribution >= 0.6 is 11.6 Å². The van der Waals surface area contributed by atoms with Crippen molar-refractivity contribution in [3.63, 3.8) is 0 Å². The standard InChI is InChI=1S/C15H24ClNO3/c1-10(2)19-8-13(18)9-20-15-6-5-12(16)7-14(15)11(3)17-4/h5-7,10-11,13,17-18H,8-9H2,1-4H3. The Morgan fingerprint density at radius 3 is 2.55 bits per heavy atom. The predicted molar refractivity (Wildman–Crippen MR) is 81.5 cm³/mol. The van der Waals surface area contributed by atoms with E-state index in [4.69, 9.17) is 21.1 Å². The molecule has 0 aliphatic rings. The summed E-state index contributed by atoms with van der Waals surface area (Å²) in [6.45, 7) is 6.34. The molecule has 2 atom stereocenters. The van der Waals surface area contributed by atoms with Gasteiger partial charge in [0.25, 0.3) is 0 Å². The topological polar surface area (TPSA) is 50.7 Å². The van der Waals surface area contributed by atoms with Crippen LogP contribution in [0.1, 0.15) is 32.4 Å². The highest BCUT2D eigenvalue weighted by Gasteiger charge is 2.13. The van der Waals surface area contributed by atoms with Gasteiger partial charge in [-0.1, -0.05) is 11.6 Å². The lowest BCUT2D eigenvalue weighted by molar-refractivity contribution is -0.0124. The van der Waals surface area contributed by atoms with E-state index >= 15 is 0 Å². The Balaban J connectivity index is 2.63. The molecule has 0 heterocycles. The molecular weight excluding hydrogens is 278 g/mol. The van der Waals surface area contributed by atoms with Crippen LogP contribution in [-0.4, -0.2) is 37.6 Å². The minimum atomic E-state index is -0.647. The third-order valence-electron chi connectivity index (χ3n) is 2.92. The van der Waals surface area contributed by atoms with Crippen molar-refractivity contribution in [3.05, 3.63) is 28.8 Å². The largest absolute Gasteiger partial charge is 0.490 e. The number of hydrogen-bond acceptors (Lipinski definition) is 4. The van der Waals surface area contributed by atoms with Crippen LogP contribution in [0.5, 0.6) is 5.75 Å². The van der Waals surface area contributed by atoms with E-state index in [-0.39, 0.29) is 25.4 Å². The summed E-state index contributed by atoms with van der Waals surface area (Å²) >= 11 is 6.01. The Labute approximate surface area is 126 Å². The fourth-order valence-corrected chi connectivity index (χ4v) is 1.86. The minimum absolute atomic E-state index is 0.0973. The van der Waals surface area contributed by atoms with E-state index in [1.165, 1.54) is 0 Å². The van der Waals surface area contributed by atoms with Gasteiger partial charge < -0.3 is 19.9 Å². The van der Waals surface area contributed by atoms with E-state index < -0.39 is 6.10 Å². The van der Waals surface area contributed by atoms with E-state index in [1.54, 1.807) is 6.07 Å². The second-order valence-corrected chi connectivity index (χ2v) is 5.48. The first-order valence-electron chi connectivity index (χ1n) is 6.83. The van der Waals surface area contributed by atoms with Crippen molar-refractivity contribution in [2.45, 2.75) is 39.0 Å². The molecule has 114 valence electrons. The maximum Gasteiger partial charge on any atom is 0.124 e. The van der Waals surface area contributed by atoms with E-state index in [0.29, 0.717) is 5.02 Å². The minimum Gasteiger partial charge on any atom is -0.490 e. The SMILES string of the molecule is CNC(C)c1cc(Cl)ccc1OCC(O)COC(C)C. The fourth-order valence-electron chi connectivity index (χ4n) is 1.68. The molecule has 0 aliphatic heterocycles. The van der Waals surface area contributed by atoms with E-state index in [9.17, 15) is 5.11 Å². The summed E-state index contributed by atoms with van der Waals surface area (Å²) in [5.41, 5.74) is 0.969. The van der Waals surface area contributed by atoms with Gasteiger partial charge in [-0.2, -0.15) is 0 Å². The van der Waals surface area contributed by atoms with Gasteiger partial charge in [0.05, 0.1) is 12.7 Å². The van der Waals surface area contributed by atoms with Gasteiger partial charge in [-0.05, 0) is 46.0 Å². The van der Waals surface area contributed by atoms with Crippen LogP contribution in [0.4, 0.5) is 0 Å². The zero-order valence-corrected chi connectivity index (χ0v) is 13.3. The molecule has 1 aromatic carbocycles. The number of rotatable bonds is 8. The van der Waals surface area contributed by atoms with Crippen LogP contribution in [0.2, 0.25) is 5.02 Å². The average Bonchev–Trinajstić information content (AvgIpc) is 2.42. The van der Waals surface area contributed by atoms with Crippen LogP contribution in [0.25, 0.3) is 0 Å². The molecule has 0 amide bonds. The fraction of sp³-hybridized carbons (Fsp3) is 0.600. The second-order valence-electron chi connectivity index (χ2n) is 5.04. The van der Waals surface area contributed by atoms with Crippen molar-refractivity contribution in [2.24, 2.45) is 0 Å². The number of ether oxygens (including phenoxy) is 2. The maximum absolute atomic E-state index is 9.81. The zero-order valence-electron chi connectivity index (χ0n) is 12.5. The molecule has 0 aliphatic carbocycles. The van der Waals surface area contributed by atoms with Gasteiger partial charge in [-0.15, -0.1) is 0 Å². The molecule has 0 radical (unpaired) electrons. The van der Waals surface area contributed by atoms with Crippen LogP contribution in [0.3, 0.4) is 0 Å². The second kappa shape index (κ2) is 8.47. The number of aliphatic hydroxyl groups is 1. The van der Waals surface area contributed by atoms with Crippen molar-refractivity contribution in [1.82, 2.24) is 5.32 Å². The molecule has 0 bridgehead atoms. The van der Waals surface area contributed by atoms with Crippen LogP contribution in [0, 0.1) is 0 Å². The van der Waals surface area contributed by atoms with Gasteiger partial charge in [0.15, 0.2) is 0 Å². The Hall–Kier alpha value is -0.810. The Kier molecular flexibility index (Phi) is 7.30. The van der Waals surface area contributed by atoms with Crippen molar-refractivity contribution in [3.8, 4) is 5.75 Å². The summed E-state index contributed by atoms with van der Waals surface area (Å²) < 4.78 is 11.0. The lowest BCUT2D eigenvalue weighted by Gasteiger charge is -2.19. The molecule has 0 saturated carbocycles. The smallest absolute Gasteiger partial charge is 0.124 e. The van der Waals surface area contributed by atoms with E-state index in [0.717, 1.165) is 11.3 Å². The first-order chi connectivity index (χ1) is 9.43. The number of hydrogen-bond donors (Lipinski definition) is 2. The first-order valence-corrected chi connectivity index (χ1v) is 7.21. The van der Waals surface area contributed by atoms with Gasteiger partial charge in [0, 0.05) is 16.6 Å². The van der Waals surface area contributed by atoms with Crippen molar-refractivity contribution in [1.29, 1.82) is 0 Å². The average molecular weight is 302 g/mol. The molecule has 0 fully saturated rings. The number of nitrogens with one attached hydrogen (secondary N) is 1. The molecule has 0 aromatic heterocycles. The third kappa shape index (κ3) is 5.67.